The Balaban J connectivity index is 1.36. The summed E-state index contributed by atoms with van der Waals surface area (Å²) in [6.45, 7) is 5.58. The lowest BCUT2D eigenvalue weighted by atomic mass is 10.00. The van der Waals surface area contributed by atoms with Crippen molar-refractivity contribution in [1.82, 2.24) is 24.4 Å². The number of hydrogen-bond donors (Lipinski definition) is 2. The topological polar surface area (TPSA) is 135 Å². The number of benzene rings is 2. The summed E-state index contributed by atoms with van der Waals surface area (Å²) in [5.41, 5.74) is 1.90. The first-order valence-corrected chi connectivity index (χ1v) is 16.7. The number of sulfone groups is 1. The van der Waals surface area contributed by atoms with Crippen molar-refractivity contribution in [2.45, 2.75) is 36.7 Å². The Morgan fingerprint density at radius 3 is 2.52 bits per heavy atom. The number of likely N-dealkylation sites (N-methyl/N-ethyl adjacent to an activating group) is 1. The number of fused-ring (bicyclic) bond motifs is 1. The van der Waals surface area contributed by atoms with E-state index in [1.54, 1.807) is 30.3 Å². The predicted molar refractivity (Wildman–Crippen MR) is 176 cm³/mol. The molecule has 1 saturated heterocycles. The number of oxazole rings is 1. The molecule has 0 spiro atoms. The van der Waals surface area contributed by atoms with Crippen molar-refractivity contribution in [3.8, 4) is 0 Å². The zero-order chi connectivity index (χ0) is 34.1. The Hall–Kier alpha value is -5.02. The van der Waals surface area contributed by atoms with Gasteiger partial charge < -0.3 is 20.0 Å². The van der Waals surface area contributed by atoms with Crippen molar-refractivity contribution in [2.75, 3.05) is 36.5 Å². The van der Waals surface area contributed by atoms with E-state index in [1.165, 1.54) is 6.20 Å². The van der Waals surface area contributed by atoms with Crippen molar-refractivity contribution >= 4 is 43.8 Å². The van der Waals surface area contributed by atoms with Crippen LogP contribution in [0.2, 0.25) is 0 Å². The first kappa shape index (κ1) is 32.9. The number of nitrogens with zero attached hydrogens (tertiary/aromatic N) is 5. The van der Waals surface area contributed by atoms with Gasteiger partial charge in [0, 0.05) is 41.1 Å². The normalized spacial score (nSPS) is 15.8. The van der Waals surface area contributed by atoms with Crippen molar-refractivity contribution in [3.05, 3.63) is 107 Å². The van der Waals surface area contributed by atoms with Crippen molar-refractivity contribution in [1.29, 1.82) is 0 Å². The number of nitrogens with one attached hydrogen (secondary N) is 2. The van der Waals surface area contributed by atoms with Crippen molar-refractivity contribution in [3.63, 3.8) is 0 Å². The largest absolute Gasteiger partial charge is 0.432 e. The molecule has 1 aliphatic heterocycles. The van der Waals surface area contributed by atoms with Gasteiger partial charge in [-0.05, 0) is 67.9 Å². The van der Waals surface area contributed by atoms with Gasteiger partial charge in [0.05, 0.1) is 6.54 Å². The molecule has 1 fully saturated rings. The van der Waals surface area contributed by atoms with Crippen molar-refractivity contribution in [2.24, 2.45) is 0 Å². The molecule has 0 aliphatic carbocycles. The highest BCUT2D eigenvalue weighted by Crippen LogP contribution is 2.27. The minimum Gasteiger partial charge on any atom is -0.432 e. The molecular formula is C33H32F3N7O4S. The van der Waals surface area contributed by atoms with Crippen LogP contribution in [0.5, 0.6) is 0 Å². The number of anilines is 3. The molecule has 3 aromatic heterocycles. The van der Waals surface area contributed by atoms with Gasteiger partial charge in [-0.25, -0.2) is 18.4 Å². The van der Waals surface area contributed by atoms with Gasteiger partial charge in [0.25, 0.3) is 5.56 Å². The van der Waals surface area contributed by atoms with E-state index in [4.69, 9.17) is 4.42 Å². The highest BCUT2D eigenvalue weighted by atomic mass is 32.2. The van der Waals surface area contributed by atoms with Crippen LogP contribution in [0.25, 0.3) is 16.6 Å². The lowest BCUT2D eigenvalue weighted by Crippen LogP contribution is -2.39. The number of alkyl halides is 3. The van der Waals surface area contributed by atoms with Gasteiger partial charge >= 0.3 is 6.18 Å². The molecule has 48 heavy (non-hydrogen) atoms. The van der Waals surface area contributed by atoms with Gasteiger partial charge in [-0.1, -0.05) is 36.9 Å². The summed E-state index contributed by atoms with van der Waals surface area (Å²) in [4.78, 5) is 29.2. The fourth-order valence-electron chi connectivity index (χ4n) is 5.72. The molecular weight excluding hydrogens is 647 g/mol. The number of rotatable bonds is 10. The second-order valence-corrected chi connectivity index (χ2v) is 13.6. The molecule has 0 amide bonds. The van der Waals surface area contributed by atoms with Crippen LogP contribution in [-0.4, -0.2) is 70.9 Å². The zero-order valence-electron chi connectivity index (χ0n) is 25.9. The van der Waals surface area contributed by atoms with Gasteiger partial charge in [-0.15, -0.1) is 0 Å². The Morgan fingerprint density at radius 1 is 1.08 bits per heavy atom. The average molecular weight is 680 g/mol. The van der Waals surface area contributed by atoms with E-state index < -0.39 is 39.0 Å². The summed E-state index contributed by atoms with van der Waals surface area (Å²) in [6, 6.07) is 18.4. The first-order valence-electron chi connectivity index (χ1n) is 15.1. The Bertz CT molecular complexity index is 2120. The third-order valence-corrected chi connectivity index (χ3v) is 9.56. The van der Waals surface area contributed by atoms with Gasteiger partial charge in [-0.3, -0.25) is 9.36 Å². The van der Waals surface area contributed by atoms with Crippen LogP contribution >= 0.6 is 0 Å². The number of piperidine rings is 1. The fraction of sp³-hybridized carbons (Fsp3) is 0.273. The van der Waals surface area contributed by atoms with Crippen LogP contribution in [-0.2, 0) is 16.4 Å². The minimum absolute atomic E-state index is 0.0870. The van der Waals surface area contributed by atoms with Gasteiger partial charge in [-0.2, -0.15) is 18.2 Å². The van der Waals surface area contributed by atoms with Gasteiger partial charge in [0.2, 0.25) is 20.9 Å². The summed E-state index contributed by atoms with van der Waals surface area (Å²) >= 11 is 0. The quantitative estimate of drug-likeness (QED) is 0.196. The maximum absolute atomic E-state index is 14.0. The summed E-state index contributed by atoms with van der Waals surface area (Å²) in [5, 5.41) is 6.09. The van der Waals surface area contributed by atoms with Crippen molar-refractivity contribution < 1.29 is 26.0 Å². The number of likely N-dealkylation sites (tertiary alicyclic amines) is 1. The van der Waals surface area contributed by atoms with E-state index >= 15 is 0 Å². The maximum atomic E-state index is 14.0. The summed E-state index contributed by atoms with van der Waals surface area (Å²) < 4.78 is 70.7. The van der Waals surface area contributed by atoms with E-state index in [0.29, 0.717) is 28.3 Å². The number of pyridine rings is 1. The van der Waals surface area contributed by atoms with Gasteiger partial charge in [0.15, 0.2) is 12.1 Å². The second-order valence-electron chi connectivity index (χ2n) is 11.7. The summed E-state index contributed by atoms with van der Waals surface area (Å²) in [6.07, 6.45) is -0.592. The summed E-state index contributed by atoms with van der Waals surface area (Å²) in [7, 11) is -2.86. The van der Waals surface area contributed by atoms with E-state index in [0.717, 1.165) is 42.6 Å². The highest BCUT2D eigenvalue weighted by molar-refractivity contribution is 7.91. The third kappa shape index (κ3) is 7.42. The first-order chi connectivity index (χ1) is 22.9. The molecule has 2 N–H and O–H groups in total. The lowest BCUT2D eigenvalue weighted by Gasteiger charge is -2.30. The molecule has 1 aliphatic rings. The SMILES string of the molecule is C=C(c1ccccc1)c1cc2cnc(Nc3ccc(NC4CCCN(C)C4)cc3)nc2n(Cc2ncoc2S(=O)(=O)CC(F)(F)F)c1=O. The number of halogens is 3. The van der Waals surface area contributed by atoms with Gasteiger partial charge in [0.1, 0.15) is 11.3 Å². The third-order valence-electron chi connectivity index (χ3n) is 7.96. The predicted octanol–water partition coefficient (Wildman–Crippen LogP) is 5.48. The molecule has 1 atom stereocenters. The molecule has 15 heteroatoms. The molecule has 0 saturated carbocycles. The van der Waals surface area contributed by atoms with E-state index in [-0.39, 0.29) is 22.9 Å². The molecule has 6 rings (SSSR count). The van der Waals surface area contributed by atoms with Crippen LogP contribution < -0.4 is 16.2 Å². The molecule has 250 valence electrons. The molecule has 11 nitrogen and oxygen atoms in total. The Morgan fingerprint density at radius 2 is 1.81 bits per heavy atom. The van der Waals surface area contributed by atoms with Crippen LogP contribution in [0.1, 0.15) is 29.7 Å². The monoisotopic (exact) mass is 679 g/mol. The van der Waals surface area contributed by atoms with Crippen LogP contribution in [0.15, 0.2) is 94.1 Å². The standard InChI is InChI=1S/C33H32F3N7O4S/c1-21(22-7-4-3-5-8-22)27-15-23-16-37-32(40-25-12-10-24(11-13-25)39-26-9-6-14-42(2)17-26)41-29(23)43(30(27)44)18-28-31(47-20-38-28)48(45,46)19-33(34,35)36/h3-5,7-8,10-13,15-16,20,26,39H,1,6,9,14,17-19H2,2H3,(H,37,40,41). The smallest absolute Gasteiger partial charge is 0.403 e. The van der Waals surface area contributed by atoms with Crippen LogP contribution in [0.3, 0.4) is 0 Å². The molecule has 0 bridgehead atoms. The second kappa shape index (κ2) is 13.2. The number of aromatic nitrogens is 4. The molecule has 4 heterocycles. The van der Waals surface area contributed by atoms with Crippen LogP contribution in [0, 0.1) is 0 Å². The Kier molecular flexibility index (Phi) is 9.07. The zero-order valence-corrected chi connectivity index (χ0v) is 26.7. The highest BCUT2D eigenvalue weighted by Gasteiger charge is 2.39. The minimum atomic E-state index is -5.02. The number of hydrogen-bond acceptors (Lipinski definition) is 10. The lowest BCUT2D eigenvalue weighted by molar-refractivity contribution is -0.106. The van der Waals surface area contributed by atoms with E-state index in [1.807, 2.05) is 30.3 Å². The van der Waals surface area contributed by atoms with E-state index in [2.05, 4.69) is 44.1 Å². The van der Waals surface area contributed by atoms with Crippen LogP contribution in [0.4, 0.5) is 30.5 Å². The molecule has 2 aromatic carbocycles. The molecule has 5 aromatic rings. The summed E-state index contributed by atoms with van der Waals surface area (Å²) in [5.74, 6) is -2.02. The maximum Gasteiger partial charge on any atom is 0.403 e. The average Bonchev–Trinajstić information content (AvgIpc) is 3.52. The molecule has 0 radical (unpaired) electrons. The molecule has 1 unspecified atom stereocenters. The van der Waals surface area contributed by atoms with E-state index in [9.17, 15) is 26.4 Å². The fourth-order valence-corrected chi connectivity index (χ4v) is 6.95. The Labute approximate surface area is 274 Å².